The first-order chi connectivity index (χ1) is 33.0. The average molecular weight is 925 g/mol. The fraction of sp³-hybridized carbons (Fsp3) is 0.590. The standard InChI is InChI=1S/C61H96O6/c1-4-7-10-13-16-19-22-25-27-29-30-32-33-36-39-42-45-48-51-54-60(63)66-57-58(56-65-59(62)53-50-47-44-41-38-35-24-21-18-15-12-9-6-3)67-61(64)55-52-49-46-43-40-37-34-31-28-26-23-20-17-14-11-8-5-2/h7-8,10-11,14,16-17,19-20,23,25-28,31,34-35,37-38,40,44,47,58H,4-6,9,12-13,15,18,21-22,24,29-30,32-33,36,39,41-43,45-46,48-57H2,1-3H3/b10-7+,11-8+,17-14+,19-16+,23-20+,27-25+,28-26+,34-31+,38-35+,40-37+,47-44+. The molecule has 0 N–H and O–H groups in total. The number of allylic oxidation sites excluding steroid dienone is 22. The molecule has 1 atom stereocenters. The van der Waals surface area contributed by atoms with Crippen LogP contribution >= 0.6 is 0 Å². The molecule has 376 valence electrons. The summed E-state index contributed by atoms with van der Waals surface area (Å²) < 4.78 is 16.7. The Balaban J connectivity index is 4.54. The van der Waals surface area contributed by atoms with Crippen molar-refractivity contribution >= 4 is 17.9 Å². The minimum Gasteiger partial charge on any atom is -0.462 e. The lowest BCUT2D eigenvalue weighted by Gasteiger charge is -2.18. The Morgan fingerprint density at radius 2 is 0.687 bits per heavy atom. The number of rotatable bonds is 46. The molecule has 0 aromatic heterocycles. The molecular formula is C61H96O6. The molecule has 0 bridgehead atoms. The van der Waals surface area contributed by atoms with Crippen molar-refractivity contribution in [1.82, 2.24) is 0 Å². The Morgan fingerprint density at radius 1 is 0.328 bits per heavy atom. The van der Waals surface area contributed by atoms with E-state index in [0.717, 1.165) is 83.5 Å². The molecule has 1 unspecified atom stereocenters. The largest absolute Gasteiger partial charge is 0.462 e. The molecule has 6 nitrogen and oxygen atoms in total. The Kier molecular flexibility index (Phi) is 50.6. The fourth-order valence-corrected chi connectivity index (χ4v) is 6.83. The van der Waals surface area contributed by atoms with Gasteiger partial charge in [0.15, 0.2) is 6.10 Å². The van der Waals surface area contributed by atoms with E-state index in [2.05, 4.69) is 87.6 Å². The topological polar surface area (TPSA) is 78.9 Å². The van der Waals surface area contributed by atoms with Crippen LogP contribution < -0.4 is 0 Å². The molecule has 0 saturated carbocycles. The van der Waals surface area contributed by atoms with E-state index in [9.17, 15) is 14.4 Å². The lowest BCUT2D eigenvalue weighted by atomic mass is 10.1. The number of ether oxygens (including phenoxy) is 3. The highest BCUT2D eigenvalue weighted by Crippen LogP contribution is 2.13. The smallest absolute Gasteiger partial charge is 0.306 e. The molecule has 67 heavy (non-hydrogen) atoms. The zero-order valence-corrected chi connectivity index (χ0v) is 42.9. The van der Waals surface area contributed by atoms with Crippen molar-refractivity contribution in [3.05, 3.63) is 134 Å². The van der Waals surface area contributed by atoms with Crippen molar-refractivity contribution in [3.63, 3.8) is 0 Å². The molecule has 0 spiro atoms. The molecule has 0 rings (SSSR count). The van der Waals surface area contributed by atoms with E-state index in [0.29, 0.717) is 19.3 Å². The number of hydrogen-bond donors (Lipinski definition) is 0. The van der Waals surface area contributed by atoms with Gasteiger partial charge in [0, 0.05) is 19.3 Å². The first kappa shape index (κ1) is 62.5. The van der Waals surface area contributed by atoms with Crippen LogP contribution in [0.2, 0.25) is 0 Å². The zero-order valence-electron chi connectivity index (χ0n) is 42.9. The van der Waals surface area contributed by atoms with E-state index < -0.39 is 6.10 Å². The van der Waals surface area contributed by atoms with Gasteiger partial charge in [-0.3, -0.25) is 14.4 Å². The van der Waals surface area contributed by atoms with Crippen molar-refractivity contribution in [1.29, 1.82) is 0 Å². The zero-order chi connectivity index (χ0) is 48.6. The first-order valence-corrected chi connectivity index (χ1v) is 26.8. The van der Waals surface area contributed by atoms with Gasteiger partial charge in [0.1, 0.15) is 13.2 Å². The maximum Gasteiger partial charge on any atom is 0.306 e. The third kappa shape index (κ3) is 52.4. The van der Waals surface area contributed by atoms with E-state index in [1.54, 1.807) is 0 Å². The van der Waals surface area contributed by atoms with Gasteiger partial charge in [0.05, 0.1) is 0 Å². The highest BCUT2D eigenvalue weighted by molar-refractivity contribution is 5.71. The quantitative estimate of drug-likeness (QED) is 0.0199. The Morgan fingerprint density at radius 3 is 1.19 bits per heavy atom. The summed E-state index contributed by atoms with van der Waals surface area (Å²) in [5.74, 6) is -1.05. The van der Waals surface area contributed by atoms with Gasteiger partial charge >= 0.3 is 17.9 Å². The number of carbonyl (C=O) groups excluding carboxylic acids is 3. The lowest BCUT2D eigenvalue weighted by molar-refractivity contribution is -0.166. The molecule has 0 aliphatic rings. The van der Waals surface area contributed by atoms with Gasteiger partial charge in [-0.1, -0.05) is 238 Å². The van der Waals surface area contributed by atoms with Gasteiger partial charge < -0.3 is 14.2 Å². The van der Waals surface area contributed by atoms with Crippen LogP contribution in [0.4, 0.5) is 0 Å². The maximum atomic E-state index is 12.8. The predicted octanol–water partition coefficient (Wildman–Crippen LogP) is 17.9. The number of hydrogen-bond acceptors (Lipinski definition) is 6. The molecule has 0 heterocycles. The maximum absolute atomic E-state index is 12.8. The summed E-state index contributed by atoms with van der Waals surface area (Å²) in [6.45, 7) is 6.26. The Hall–Kier alpha value is -4.45. The van der Waals surface area contributed by atoms with Gasteiger partial charge in [0.25, 0.3) is 0 Å². The monoisotopic (exact) mass is 925 g/mol. The van der Waals surface area contributed by atoms with Crippen LogP contribution in [0, 0.1) is 0 Å². The minimum atomic E-state index is -0.831. The van der Waals surface area contributed by atoms with Crippen molar-refractivity contribution in [2.75, 3.05) is 13.2 Å². The van der Waals surface area contributed by atoms with Crippen LogP contribution in [0.1, 0.15) is 213 Å². The van der Waals surface area contributed by atoms with Gasteiger partial charge in [-0.25, -0.2) is 0 Å². The summed E-state index contributed by atoms with van der Waals surface area (Å²) >= 11 is 0. The molecule has 0 aliphatic carbocycles. The molecule has 0 aromatic rings. The SMILES string of the molecule is CC/C=C/C=C/C=C/C=C/C=C/C=C/CCCCCC(=O)OC(COC(=O)CC/C=C/C/C=C/CCCCCCCC)COC(=O)CCCCCCCCCCC/C=C/C/C=C/C/C=C/CC. The highest BCUT2D eigenvalue weighted by atomic mass is 16.6. The summed E-state index contributed by atoms with van der Waals surface area (Å²) in [7, 11) is 0. The molecule has 0 saturated heterocycles. The Labute approximate surface area is 411 Å². The molecule has 0 aromatic carbocycles. The van der Waals surface area contributed by atoms with Gasteiger partial charge in [0.2, 0.25) is 0 Å². The van der Waals surface area contributed by atoms with Crippen molar-refractivity contribution in [3.8, 4) is 0 Å². The van der Waals surface area contributed by atoms with Gasteiger partial charge in [-0.15, -0.1) is 0 Å². The second-order valence-electron chi connectivity index (χ2n) is 17.2. The lowest BCUT2D eigenvalue weighted by Crippen LogP contribution is -2.30. The normalized spacial score (nSPS) is 13.2. The van der Waals surface area contributed by atoms with E-state index in [-0.39, 0.29) is 44.0 Å². The van der Waals surface area contributed by atoms with E-state index in [4.69, 9.17) is 14.2 Å². The third-order valence-electron chi connectivity index (χ3n) is 10.8. The predicted molar refractivity (Wildman–Crippen MR) is 288 cm³/mol. The summed E-state index contributed by atoms with van der Waals surface area (Å²) in [5, 5.41) is 0. The summed E-state index contributed by atoms with van der Waals surface area (Å²) in [6, 6.07) is 0. The molecule has 0 fully saturated rings. The van der Waals surface area contributed by atoms with Crippen LogP contribution in [-0.4, -0.2) is 37.2 Å². The van der Waals surface area contributed by atoms with Crippen LogP contribution in [0.5, 0.6) is 0 Å². The van der Waals surface area contributed by atoms with Crippen LogP contribution in [0.15, 0.2) is 134 Å². The molecule has 6 heteroatoms. The Bertz CT molecular complexity index is 1480. The number of carbonyl (C=O) groups is 3. The van der Waals surface area contributed by atoms with Crippen LogP contribution in [0.25, 0.3) is 0 Å². The van der Waals surface area contributed by atoms with E-state index in [1.165, 1.54) is 77.0 Å². The summed E-state index contributed by atoms with van der Waals surface area (Å²) in [6.07, 6.45) is 75.9. The van der Waals surface area contributed by atoms with Crippen LogP contribution in [-0.2, 0) is 28.6 Å². The van der Waals surface area contributed by atoms with Crippen molar-refractivity contribution < 1.29 is 28.6 Å². The van der Waals surface area contributed by atoms with Crippen molar-refractivity contribution in [2.24, 2.45) is 0 Å². The third-order valence-corrected chi connectivity index (χ3v) is 10.8. The minimum absolute atomic E-state index is 0.121. The highest BCUT2D eigenvalue weighted by Gasteiger charge is 2.19. The number of esters is 3. The van der Waals surface area contributed by atoms with Crippen LogP contribution in [0.3, 0.4) is 0 Å². The molecule has 0 radical (unpaired) electrons. The second-order valence-corrected chi connectivity index (χ2v) is 17.2. The fourth-order valence-electron chi connectivity index (χ4n) is 6.83. The van der Waals surface area contributed by atoms with E-state index in [1.807, 2.05) is 66.8 Å². The second kappa shape index (κ2) is 54.2. The molecule has 0 amide bonds. The molecule has 0 aliphatic heterocycles. The average Bonchev–Trinajstić information content (AvgIpc) is 3.33. The van der Waals surface area contributed by atoms with E-state index >= 15 is 0 Å². The van der Waals surface area contributed by atoms with Crippen molar-refractivity contribution in [2.45, 2.75) is 219 Å². The number of unbranched alkanes of at least 4 members (excludes halogenated alkanes) is 18. The first-order valence-electron chi connectivity index (χ1n) is 26.8. The van der Waals surface area contributed by atoms with Gasteiger partial charge in [-0.05, 0) is 89.9 Å². The van der Waals surface area contributed by atoms with Gasteiger partial charge in [-0.2, -0.15) is 0 Å². The summed E-state index contributed by atoms with van der Waals surface area (Å²) in [4.78, 5) is 38.0. The summed E-state index contributed by atoms with van der Waals surface area (Å²) in [5.41, 5.74) is 0. The molecular weight excluding hydrogens is 829 g/mol.